The van der Waals surface area contributed by atoms with Crippen molar-refractivity contribution in [2.75, 3.05) is 19.0 Å². The predicted octanol–water partition coefficient (Wildman–Crippen LogP) is 4.40. The van der Waals surface area contributed by atoms with Crippen molar-refractivity contribution in [3.05, 3.63) is 64.4 Å². The molecule has 0 radical (unpaired) electrons. The molecule has 112 valence electrons. The molecule has 2 nitrogen and oxygen atoms in total. The van der Waals surface area contributed by atoms with E-state index >= 15 is 0 Å². The van der Waals surface area contributed by atoms with Crippen molar-refractivity contribution in [2.24, 2.45) is 0 Å². The van der Waals surface area contributed by atoms with Gasteiger partial charge < -0.3 is 10.2 Å². The zero-order valence-electron chi connectivity index (χ0n) is 12.5. The molecular weight excluding hydrogens is 287 g/mol. The zero-order valence-corrected chi connectivity index (χ0v) is 13.3. The Morgan fingerprint density at radius 2 is 1.86 bits per heavy atom. The summed E-state index contributed by atoms with van der Waals surface area (Å²) < 4.78 is 13.8. The molecule has 2 rings (SSSR count). The van der Waals surface area contributed by atoms with Crippen molar-refractivity contribution in [3.63, 3.8) is 0 Å². The molecule has 0 aliphatic carbocycles. The Morgan fingerprint density at radius 1 is 1.19 bits per heavy atom. The van der Waals surface area contributed by atoms with Gasteiger partial charge in [0.05, 0.1) is 6.04 Å². The van der Waals surface area contributed by atoms with Crippen LogP contribution in [0.5, 0.6) is 0 Å². The highest BCUT2D eigenvalue weighted by atomic mass is 35.5. The maximum absolute atomic E-state index is 13.8. The van der Waals surface area contributed by atoms with Crippen molar-refractivity contribution in [3.8, 4) is 0 Å². The quantitative estimate of drug-likeness (QED) is 0.881. The monoisotopic (exact) mass is 306 g/mol. The van der Waals surface area contributed by atoms with E-state index in [9.17, 15) is 4.39 Å². The molecular formula is C17H20ClFN2. The van der Waals surface area contributed by atoms with Gasteiger partial charge in [-0.25, -0.2) is 4.39 Å². The van der Waals surface area contributed by atoms with Crippen molar-refractivity contribution in [1.82, 2.24) is 5.32 Å². The highest BCUT2D eigenvalue weighted by Crippen LogP contribution is 2.27. The summed E-state index contributed by atoms with van der Waals surface area (Å²) in [6.45, 7) is 2.74. The van der Waals surface area contributed by atoms with E-state index in [4.69, 9.17) is 11.6 Å². The summed E-state index contributed by atoms with van der Waals surface area (Å²) in [7, 11) is 3.82. The van der Waals surface area contributed by atoms with Gasteiger partial charge >= 0.3 is 0 Å². The van der Waals surface area contributed by atoms with Gasteiger partial charge in [0, 0.05) is 24.3 Å². The van der Waals surface area contributed by atoms with Gasteiger partial charge in [-0.05, 0) is 55.4 Å². The lowest BCUT2D eigenvalue weighted by atomic mass is 10.1. The van der Waals surface area contributed by atoms with Crippen LogP contribution in [0, 0.1) is 5.82 Å². The van der Waals surface area contributed by atoms with Gasteiger partial charge in [-0.1, -0.05) is 23.7 Å². The van der Waals surface area contributed by atoms with Crippen LogP contribution in [0.15, 0.2) is 42.5 Å². The first-order valence-electron chi connectivity index (χ1n) is 6.93. The molecule has 2 aromatic rings. The second-order valence-corrected chi connectivity index (χ2v) is 5.62. The Balaban J connectivity index is 2.26. The Bertz CT molecular complexity index is 598. The average Bonchev–Trinajstić information content (AvgIpc) is 2.46. The molecule has 0 saturated heterocycles. The maximum Gasteiger partial charge on any atom is 0.125 e. The highest BCUT2D eigenvalue weighted by molar-refractivity contribution is 6.30. The molecule has 2 aromatic carbocycles. The average molecular weight is 307 g/mol. The predicted molar refractivity (Wildman–Crippen MR) is 87.4 cm³/mol. The molecule has 0 aliphatic heterocycles. The lowest BCUT2D eigenvalue weighted by Crippen LogP contribution is -2.22. The molecule has 0 aliphatic rings. The summed E-state index contributed by atoms with van der Waals surface area (Å²) >= 11 is 5.92. The second kappa shape index (κ2) is 6.92. The number of hydrogen-bond acceptors (Lipinski definition) is 2. The molecule has 1 atom stereocenters. The van der Waals surface area contributed by atoms with Crippen molar-refractivity contribution in [1.29, 1.82) is 0 Å². The summed E-state index contributed by atoms with van der Waals surface area (Å²) in [5, 5.41) is 3.76. The number of anilines is 1. The van der Waals surface area contributed by atoms with Crippen LogP contribution in [0.4, 0.5) is 10.1 Å². The highest BCUT2D eigenvalue weighted by Gasteiger charge is 2.13. The Hall–Kier alpha value is -1.58. The van der Waals surface area contributed by atoms with E-state index in [1.165, 1.54) is 0 Å². The molecule has 0 fully saturated rings. The van der Waals surface area contributed by atoms with E-state index in [0.717, 1.165) is 21.8 Å². The topological polar surface area (TPSA) is 15.3 Å². The van der Waals surface area contributed by atoms with E-state index in [1.54, 1.807) is 12.1 Å². The minimum Gasteiger partial charge on any atom is -0.368 e. The molecule has 0 bridgehead atoms. The van der Waals surface area contributed by atoms with Gasteiger partial charge in [-0.2, -0.15) is 0 Å². The number of rotatable bonds is 5. The molecule has 4 heteroatoms. The van der Waals surface area contributed by atoms with Crippen LogP contribution in [-0.2, 0) is 6.54 Å². The van der Waals surface area contributed by atoms with Crippen LogP contribution in [0.1, 0.15) is 24.1 Å². The third-order valence-corrected chi connectivity index (χ3v) is 3.92. The maximum atomic E-state index is 13.8. The molecule has 21 heavy (non-hydrogen) atoms. The van der Waals surface area contributed by atoms with Gasteiger partial charge in [0.15, 0.2) is 0 Å². The first-order valence-corrected chi connectivity index (χ1v) is 7.31. The van der Waals surface area contributed by atoms with E-state index in [1.807, 2.05) is 44.4 Å². The Labute approximate surface area is 130 Å². The van der Waals surface area contributed by atoms with E-state index in [-0.39, 0.29) is 11.9 Å². The Morgan fingerprint density at radius 3 is 2.48 bits per heavy atom. The van der Waals surface area contributed by atoms with Crippen LogP contribution in [-0.4, -0.2) is 14.1 Å². The third kappa shape index (κ3) is 3.96. The summed E-state index contributed by atoms with van der Waals surface area (Å²) in [6.07, 6.45) is 0. The summed E-state index contributed by atoms with van der Waals surface area (Å²) in [5.41, 5.74) is 2.94. The standard InChI is InChI=1S/C17H20ClFN2/c1-12(14-4-6-15(18)7-5-14)21(3)17-9-13(11-20-2)8-16(19)10-17/h4-10,12,20H,11H2,1-3H3. The summed E-state index contributed by atoms with van der Waals surface area (Å²) in [5.74, 6) is -0.215. The Kier molecular flexibility index (Phi) is 5.21. The van der Waals surface area contributed by atoms with Gasteiger partial charge in [0.1, 0.15) is 5.82 Å². The summed E-state index contributed by atoms with van der Waals surface area (Å²) in [6, 6.07) is 13.0. The van der Waals surface area contributed by atoms with Gasteiger partial charge in [0.25, 0.3) is 0 Å². The normalized spacial score (nSPS) is 12.2. The minimum atomic E-state index is -0.215. The minimum absolute atomic E-state index is 0.131. The lowest BCUT2D eigenvalue weighted by molar-refractivity contribution is 0.621. The molecule has 0 spiro atoms. The van der Waals surface area contributed by atoms with Crippen LogP contribution in [0.25, 0.3) is 0 Å². The van der Waals surface area contributed by atoms with Crippen LogP contribution >= 0.6 is 11.6 Å². The SMILES string of the molecule is CNCc1cc(F)cc(N(C)C(C)c2ccc(Cl)cc2)c1. The van der Waals surface area contributed by atoms with Gasteiger partial charge in [0.2, 0.25) is 0 Å². The fourth-order valence-electron chi connectivity index (χ4n) is 2.33. The zero-order chi connectivity index (χ0) is 15.4. The van der Waals surface area contributed by atoms with Crippen LogP contribution < -0.4 is 10.2 Å². The van der Waals surface area contributed by atoms with E-state index < -0.39 is 0 Å². The first kappa shape index (κ1) is 15.8. The number of benzene rings is 2. The third-order valence-electron chi connectivity index (χ3n) is 3.66. The van der Waals surface area contributed by atoms with E-state index in [0.29, 0.717) is 6.54 Å². The van der Waals surface area contributed by atoms with Crippen molar-refractivity contribution < 1.29 is 4.39 Å². The van der Waals surface area contributed by atoms with Gasteiger partial charge in [-0.15, -0.1) is 0 Å². The van der Waals surface area contributed by atoms with Crippen LogP contribution in [0.2, 0.25) is 5.02 Å². The largest absolute Gasteiger partial charge is 0.368 e. The number of nitrogens with one attached hydrogen (secondary N) is 1. The smallest absolute Gasteiger partial charge is 0.125 e. The van der Waals surface area contributed by atoms with Crippen molar-refractivity contribution >= 4 is 17.3 Å². The molecule has 0 heterocycles. The van der Waals surface area contributed by atoms with Crippen molar-refractivity contribution in [2.45, 2.75) is 19.5 Å². The fourth-order valence-corrected chi connectivity index (χ4v) is 2.46. The molecule has 0 amide bonds. The summed E-state index contributed by atoms with van der Waals surface area (Å²) in [4.78, 5) is 2.06. The lowest BCUT2D eigenvalue weighted by Gasteiger charge is -2.28. The second-order valence-electron chi connectivity index (χ2n) is 5.19. The molecule has 0 saturated carbocycles. The van der Waals surface area contributed by atoms with Gasteiger partial charge in [-0.3, -0.25) is 0 Å². The molecule has 0 aromatic heterocycles. The number of halogens is 2. The molecule has 1 N–H and O–H groups in total. The number of nitrogens with zero attached hydrogens (tertiary/aromatic N) is 1. The van der Waals surface area contributed by atoms with E-state index in [2.05, 4.69) is 17.1 Å². The fraction of sp³-hybridized carbons (Fsp3) is 0.294. The first-order chi connectivity index (χ1) is 10.0. The number of hydrogen-bond donors (Lipinski definition) is 1. The van der Waals surface area contributed by atoms with Crippen LogP contribution in [0.3, 0.4) is 0 Å². The molecule has 1 unspecified atom stereocenters.